The third-order valence-electron chi connectivity index (χ3n) is 5.10. The minimum Gasteiger partial charge on any atom is -0.466 e. The molecule has 1 unspecified atom stereocenters. The highest BCUT2D eigenvalue weighted by atomic mass is 32.2. The maximum absolute atomic E-state index is 12.7. The number of sulfonamides is 1. The molecule has 0 aliphatic rings. The molecule has 0 aromatic heterocycles. The van der Waals surface area contributed by atoms with Gasteiger partial charge in [0.1, 0.15) is 6.10 Å². The molecule has 0 aliphatic carbocycles. The molecule has 0 saturated heterocycles. The van der Waals surface area contributed by atoms with Crippen molar-refractivity contribution in [3.05, 3.63) is 0 Å². The topological polar surface area (TPSA) is 90.0 Å². The highest BCUT2D eigenvalue weighted by Gasteiger charge is 2.21. The van der Waals surface area contributed by atoms with Crippen LogP contribution >= 0.6 is 0 Å². The zero-order valence-corrected chi connectivity index (χ0v) is 21.0. The van der Waals surface area contributed by atoms with Gasteiger partial charge >= 0.3 is 11.9 Å². The number of unbranched alkanes of at least 4 members (excludes halogenated alkanes) is 5. The molecule has 184 valence electrons. The Morgan fingerprint density at radius 1 is 0.839 bits per heavy atom. The first-order valence-electron chi connectivity index (χ1n) is 12.1. The van der Waals surface area contributed by atoms with Crippen LogP contribution in [-0.4, -0.2) is 56.2 Å². The summed E-state index contributed by atoms with van der Waals surface area (Å²) in [5.41, 5.74) is 0. The number of hydrogen-bond donors (Lipinski definition) is 0. The summed E-state index contributed by atoms with van der Waals surface area (Å²) in [6.07, 6.45) is 9.58. The normalized spacial score (nSPS) is 12.7. The zero-order chi connectivity index (χ0) is 23.5. The summed E-state index contributed by atoms with van der Waals surface area (Å²) in [5, 5.41) is 0. The standard InChI is InChI=1S/C23H45NO6S/c1-5-8-11-15-22(30-21(4)25)16-14-19-24(31(27,28)20-6-2)18-13-10-9-12-17-23(26)29-7-3/h22H,5-20H2,1-4H3. The Hall–Kier alpha value is -1.15. The van der Waals surface area contributed by atoms with Gasteiger partial charge in [0.2, 0.25) is 10.0 Å². The van der Waals surface area contributed by atoms with Gasteiger partial charge in [-0.15, -0.1) is 0 Å². The molecule has 7 nitrogen and oxygen atoms in total. The van der Waals surface area contributed by atoms with Crippen molar-refractivity contribution >= 4 is 22.0 Å². The summed E-state index contributed by atoms with van der Waals surface area (Å²) in [6, 6.07) is 0. The molecule has 31 heavy (non-hydrogen) atoms. The lowest BCUT2D eigenvalue weighted by atomic mass is 10.1. The van der Waals surface area contributed by atoms with Gasteiger partial charge in [0, 0.05) is 26.4 Å². The Bertz CT molecular complexity index is 579. The summed E-state index contributed by atoms with van der Waals surface area (Å²) < 4.78 is 37.3. The molecule has 0 fully saturated rings. The fourth-order valence-electron chi connectivity index (χ4n) is 3.54. The second-order valence-corrected chi connectivity index (χ2v) is 10.1. The van der Waals surface area contributed by atoms with E-state index < -0.39 is 10.0 Å². The average molecular weight is 464 g/mol. The molecular weight excluding hydrogens is 418 g/mol. The fourth-order valence-corrected chi connectivity index (χ4v) is 5.12. The lowest BCUT2D eigenvalue weighted by Gasteiger charge is -2.23. The molecule has 0 amide bonds. The maximum Gasteiger partial charge on any atom is 0.305 e. The third kappa shape index (κ3) is 16.2. The van der Waals surface area contributed by atoms with Crippen LogP contribution in [0.15, 0.2) is 0 Å². The van der Waals surface area contributed by atoms with Crippen LogP contribution in [0.4, 0.5) is 0 Å². The molecule has 0 aromatic carbocycles. The van der Waals surface area contributed by atoms with Crippen LogP contribution in [0, 0.1) is 0 Å². The largest absolute Gasteiger partial charge is 0.466 e. The Morgan fingerprint density at radius 2 is 1.48 bits per heavy atom. The van der Waals surface area contributed by atoms with Crippen molar-refractivity contribution in [1.29, 1.82) is 0 Å². The van der Waals surface area contributed by atoms with Crippen LogP contribution in [0.1, 0.15) is 105 Å². The molecule has 1 atom stereocenters. The lowest BCUT2D eigenvalue weighted by molar-refractivity contribution is -0.147. The molecule has 0 spiro atoms. The second-order valence-electron chi connectivity index (χ2n) is 8.05. The van der Waals surface area contributed by atoms with E-state index in [-0.39, 0.29) is 23.8 Å². The highest BCUT2D eigenvalue weighted by Crippen LogP contribution is 2.16. The molecule has 0 saturated carbocycles. The van der Waals surface area contributed by atoms with E-state index in [1.54, 1.807) is 11.2 Å². The van der Waals surface area contributed by atoms with Gasteiger partial charge in [0.15, 0.2) is 0 Å². The average Bonchev–Trinajstić information content (AvgIpc) is 2.68. The summed E-state index contributed by atoms with van der Waals surface area (Å²) in [6.45, 7) is 8.58. The van der Waals surface area contributed by atoms with Crippen molar-refractivity contribution in [1.82, 2.24) is 4.31 Å². The van der Waals surface area contributed by atoms with Crippen LogP contribution < -0.4 is 0 Å². The van der Waals surface area contributed by atoms with Gasteiger partial charge in [-0.05, 0) is 51.9 Å². The lowest BCUT2D eigenvalue weighted by Crippen LogP contribution is -2.35. The Kier molecular flexibility index (Phi) is 17.7. The highest BCUT2D eigenvalue weighted by molar-refractivity contribution is 7.89. The van der Waals surface area contributed by atoms with Crippen molar-refractivity contribution in [2.45, 2.75) is 111 Å². The molecule has 8 heteroatoms. The molecule has 0 heterocycles. The van der Waals surface area contributed by atoms with E-state index in [0.717, 1.165) is 51.4 Å². The van der Waals surface area contributed by atoms with E-state index in [2.05, 4.69) is 6.92 Å². The molecular formula is C23H45NO6S. The van der Waals surface area contributed by atoms with Crippen molar-refractivity contribution in [2.24, 2.45) is 0 Å². The van der Waals surface area contributed by atoms with Crippen molar-refractivity contribution in [3.63, 3.8) is 0 Å². The number of carbonyl (C=O) groups excluding carboxylic acids is 2. The predicted molar refractivity (Wildman–Crippen MR) is 124 cm³/mol. The molecule has 0 radical (unpaired) electrons. The van der Waals surface area contributed by atoms with Gasteiger partial charge in [-0.1, -0.05) is 39.5 Å². The van der Waals surface area contributed by atoms with Crippen LogP contribution in [0.25, 0.3) is 0 Å². The van der Waals surface area contributed by atoms with Crippen LogP contribution in [-0.2, 0) is 29.1 Å². The predicted octanol–water partition coefficient (Wildman–Crippen LogP) is 4.83. The van der Waals surface area contributed by atoms with Crippen LogP contribution in [0.2, 0.25) is 0 Å². The van der Waals surface area contributed by atoms with Crippen LogP contribution in [0.3, 0.4) is 0 Å². The number of ether oxygens (including phenoxy) is 2. The Morgan fingerprint density at radius 3 is 2.10 bits per heavy atom. The summed E-state index contributed by atoms with van der Waals surface area (Å²) in [7, 11) is -3.28. The number of carbonyl (C=O) groups is 2. The van der Waals surface area contributed by atoms with Gasteiger partial charge in [0.25, 0.3) is 0 Å². The summed E-state index contributed by atoms with van der Waals surface area (Å²) in [5.74, 6) is -0.296. The first kappa shape index (κ1) is 29.9. The molecule has 0 aliphatic heterocycles. The zero-order valence-electron chi connectivity index (χ0n) is 20.2. The van der Waals surface area contributed by atoms with Crippen LogP contribution in [0.5, 0.6) is 0 Å². The van der Waals surface area contributed by atoms with E-state index in [0.29, 0.717) is 45.4 Å². The second kappa shape index (κ2) is 18.4. The maximum atomic E-state index is 12.7. The summed E-state index contributed by atoms with van der Waals surface area (Å²) in [4.78, 5) is 22.7. The smallest absolute Gasteiger partial charge is 0.305 e. The SMILES string of the molecule is CCCCCC(CCCN(CCCCCCC(=O)OCC)S(=O)(=O)CCC)OC(C)=O. The number of rotatable bonds is 20. The van der Waals surface area contributed by atoms with Gasteiger partial charge in [-0.3, -0.25) is 9.59 Å². The molecule has 0 rings (SSSR count). The molecule has 0 N–H and O–H groups in total. The monoisotopic (exact) mass is 463 g/mol. The number of hydrogen-bond acceptors (Lipinski definition) is 6. The molecule has 0 bridgehead atoms. The first-order valence-corrected chi connectivity index (χ1v) is 13.7. The van der Waals surface area contributed by atoms with E-state index in [9.17, 15) is 18.0 Å². The van der Waals surface area contributed by atoms with E-state index in [4.69, 9.17) is 9.47 Å². The van der Waals surface area contributed by atoms with E-state index in [1.807, 2.05) is 6.92 Å². The number of nitrogens with zero attached hydrogens (tertiary/aromatic N) is 1. The quantitative estimate of drug-likeness (QED) is 0.190. The van der Waals surface area contributed by atoms with Crippen molar-refractivity contribution in [3.8, 4) is 0 Å². The third-order valence-corrected chi connectivity index (χ3v) is 7.17. The first-order chi connectivity index (χ1) is 14.8. The van der Waals surface area contributed by atoms with Crippen molar-refractivity contribution < 1.29 is 27.5 Å². The minimum absolute atomic E-state index is 0.136. The minimum atomic E-state index is -3.28. The van der Waals surface area contributed by atoms with Crippen molar-refractivity contribution in [2.75, 3.05) is 25.4 Å². The van der Waals surface area contributed by atoms with Gasteiger partial charge in [-0.25, -0.2) is 12.7 Å². The van der Waals surface area contributed by atoms with Gasteiger partial charge in [-0.2, -0.15) is 0 Å². The Labute approximate surface area is 190 Å². The van der Waals surface area contributed by atoms with Gasteiger partial charge in [0.05, 0.1) is 12.4 Å². The van der Waals surface area contributed by atoms with Gasteiger partial charge < -0.3 is 9.47 Å². The Balaban J connectivity index is 4.53. The summed E-state index contributed by atoms with van der Waals surface area (Å²) >= 11 is 0. The number of esters is 2. The fraction of sp³-hybridized carbons (Fsp3) is 0.913. The molecule has 0 aromatic rings. The van der Waals surface area contributed by atoms with E-state index in [1.165, 1.54) is 6.92 Å². The van der Waals surface area contributed by atoms with E-state index >= 15 is 0 Å².